The number of hydrogen-bond acceptors (Lipinski definition) is 3. The van der Waals surface area contributed by atoms with Crippen molar-refractivity contribution in [1.29, 1.82) is 0 Å². The fourth-order valence-electron chi connectivity index (χ4n) is 3.60. The largest absolute Gasteiger partial charge is 0.325 e. The van der Waals surface area contributed by atoms with Gasteiger partial charge in [0, 0.05) is 6.54 Å². The van der Waals surface area contributed by atoms with E-state index in [4.69, 9.17) is 0 Å². The summed E-state index contributed by atoms with van der Waals surface area (Å²) in [6.45, 7) is 2.64. The highest BCUT2D eigenvalue weighted by Crippen LogP contribution is 2.32. The summed E-state index contributed by atoms with van der Waals surface area (Å²) in [6, 6.07) is -0.191. The van der Waals surface area contributed by atoms with Crippen LogP contribution in [0.3, 0.4) is 0 Å². The second-order valence-corrected chi connectivity index (χ2v) is 6.90. The highest BCUT2D eigenvalue weighted by atomic mass is 32.1. The molecule has 0 aromatic rings. The molecular formula is C16H28N2O2S. The molecule has 0 aromatic carbocycles. The number of carbonyl (C=O) groups is 2. The van der Waals surface area contributed by atoms with E-state index in [-0.39, 0.29) is 11.9 Å². The van der Waals surface area contributed by atoms with Crippen LogP contribution in [0.1, 0.15) is 64.7 Å². The standard InChI is InChI=1S/C16H28N2O2S/c1-2-8-13(12-21)11-18-14(19)16(17-15(18)20)9-6-4-3-5-7-10-16/h13,21H,2-12H2,1H3,(H,17,20). The summed E-state index contributed by atoms with van der Waals surface area (Å²) in [5, 5.41) is 3.02. The Morgan fingerprint density at radius 3 is 2.38 bits per heavy atom. The number of nitrogens with zero attached hydrogens (tertiary/aromatic N) is 1. The molecule has 1 spiro atoms. The lowest BCUT2D eigenvalue weighted by atomic mass is 9.84. The maximum absolute atomic E-state index is 12.8. The molecule has 1 saturated heterocycles. The second kappa shape index (κ2) is 7.52. The first-order valence-electron chi connectivity index (χ1n) is 8.38. The van der Waals surface area contributed by atoms with Gasteiger partial charge < -0.3 is 5.32 Å². The minimum atomic E-state index is -0.606. The lowest BCUT2D eigenvalue weighted by molar-refractivity contribution is -0.132. The van der Waals surface area contributed by atoms with Gasteiger partial charge in [0.2, 0.25) is 0 Å². The molecule has 2 fully saturated rings. The van der Waals surface area contributed by atoms with Crippen molar-refractivity contribution in [2.24, 2.45) is 5.92 Å². The Labute approximate surface area is 133 Å². The van der Waals surface area contributed by atoms with Gasteiger partial charge in [0.05, 0.1) is 0 Å². The van der Waals surface area contributed by atoms with Gasteiger partial charge in [0.25, 0.3) is 5.91 Å². The zero-order valence-electron chi connectivity index (χ0n) is 13.1. The van der Waals surface area contributed by atoms with Crippen molar-refractivity contribution < 1.29 is 9.59 Å². The van der Waals surface area contributed by atoms with Crippen molar-refractivity contribution in [3.63, 3.8) is 0 Å². The zero-order chi connectivity index (χ0) is 15.3. The molecule has 1 aliphatic heterocycles. The normalized spacial score (nSPS) is 23.8. The third-order valence-electron chi connectivity index (χ3n) is 4.85. The van der Waals surface area contributed by atoms with E-state index in [1.165, 1.54) is 24.2 Å². The summed E-state index contributed by atoms with van der Waals surface area (Å²) < 4.78 is 0. The van der Waals surface area contributed by atoms with Crippen LogP contribution >= 0.6 is 12.6 Å². The molecule has 0 radical (unpaired) electrons. The number of thiol groups is 1. The van der Waals surface area contributed by atoms with Gasteiger partial charge in [-0.15, -0.1) is 0 Å². The Kier molecular flexibility index (Phi) is 5.97. The Bertz CT molecular complexity index is 378. The van der Waals surface area contributed by atoms with E-state index in [1.807, 2.05) is 0 Å². The Balaban J connectivity index is 2.07. The zero-order valence-corrected chi connectivity index (χ0v) is 14.0. The van der Waals surface area contributed by atoms with Crippen molar-refractivity contribution in [2.45, 2.75) is 70.3 Å². The molecule has 1 N–H and O–H groups in total. The molecule has 1 atom stereocenters. The first-order valence-corrected chi connectivity index (χ1v) is 9.01. The van der Waals surface area contributed by atoms with E-state index < -0.39 is 5.54 Å². The molecule has 4 nitrogen and oxygen atoms in total. The molecular weight excluding hydrogens is 284 g/mol. The summed E-state index contributed by atoms with van der Waals surface area (Å²) in [5.41, 5.74) is -0.606. The first-order chi connectivity index (χ1) is 10.1. The maximum atomic E-state index is 12.8. The maximum Gasteiger partial charge on any atom is 0.325 e. The highest BCUT2D eigenvalue weighted by Gasteiger charge is 2.50. The van der Waals surface area contributed by atoms with E-state index in [0.717, 1.165) is 44.3 Å². The van der Waals surface area contributed by atoms with Gasteiger partial charge in [0.1, 0.15) is 5.54 Å². The molecule has 5 heteroatoms. The summed E-state index contributed by atoms with van der Waals surface area (Å²) >= 11 is 4.36. The monoisotopic (exact) mass is 312 g/mol. The van der Waals surface area contributed by atoms with Crippen LogP contribution in [0.25, 0.3) is 0 Å². The number of hydrogen-bond donors (Lipinski definition) is 2. The SMILES string of the molecule is CCCC(CS)CN1C(=O)NC2(CCCCCCC2)C1=O. The van der Waals surface area contributed by atoms with Crippen LogP contribution < -0.4 is 5.32 Å². The number of amides is 3. The summed E-state index contributed by atoms with van der Waals surface area (Å²) in [5.74, 6) is 1.03. The van der Waals surface area contributed by atoms with Crippen LogP contribution in [0.2, 0.25) is 0 Å². The topological polar surface area (TPSA) is 49.4 Å². The van der Waals surface area contributed by atoms with Crippen LogP contribution in [-0.4, -0.2) is 34.7 Å². The Morgan fingerprint density at radius 2 is 1.81 bits per heavy atom. The van der Waals surface area contributed by atoms with Gasteiger partial charge in [-0.2, -0.15) is 12.6 Å². The van der Waals surface area contributed by atoms with E-state index in [2.05, 4.69) is 24.9 Å². The van der Waals surface area contributed by atoms with Gasteiger partial charge in [-0.25, -0.2) is 4.79 Å². The average Bonchev–Trinajstić information content (AvgIpc) is 2.67. The molecule has 1 aliphatic carbocycles. The predicted octanol–water partition coefficient (Wildman–Crippen LogP) is 3.37. The summed E-state index contributed by atoms with van der Waals surface area (Å²) in [6.07, 6.45) is 9.31. The minimum absolute atomic E-state index is 0.0114. The number of nitrogens with one attached hydrogen (secondary N) is 1. The average molecular weight is 312 g/mol. The Morgan fingerprint density at radius 1 is 1.19 bits per heavy atom. The van der Waals surface area contributed by atoms with E-state index in [9.17, 15) is 9.59 Å². The molecule has 1 unspecified atom stereocenters. The van der Waals surface area contributed by atoms with Gasteiger partial charge in [-0.05, 0) is 30.9 Å². The first kappa shape index (κ1) is 16.7. The molecule has 2 aliphatic rings. The van der Waals surface area contributed by atoms with E-state index in [0.29, 0.717) is 12.5 Å². The van der Waals surface area contributed by atoms with Gasteiger partial charge in [-0.3, -0.25) is 9.69 Å². The van der Waals surface area contributed by atoms with Crippen molar-refractivity contribution in [3.05, 3.63) is 0 Å². The van der Waals surface area contributed by atoms with Crippen LogP contribution in [0.4, 0.5) is 4.79 Å². The molecule has 3 amide bonds. The minimum Gasteiger partial charge on any atom is -0.323 e. The van der Waals surface area contributed by atoms with Crippen LogP contribution in [-0.2, 0) is 4.79 Å². The molecule has 1 heterocycles. The van der Waals surface area contributed by atoms with Crippen LogP contribution in [0.15, 0.2) is 0 Å². The number of urea groups is 1. The second-order valence-electron chi connectivity index (χ2n) is 6.53. The van der Waals surface area contributed by atoms with Gasteiger partial charge >= 0.3 is 6.03 Å². The molecule has 0 aromatic heterocycles. The third-order valence-corrected chi connectivity index (χ3v) is 5.37. The smallest absolute Gasteiger partial charge is 0.323 e. The molecule has 0 bridgehead atoms. The van der Waals surface area contributed by atoms with Crippen molar-refractivity contribution in [2.75, 3.05) is 12.3 Å². The predicted molar refractivity (Wildman–Crippen MR) is 87.5 cm³/mol. The summed E-state index contributed by atoms with van der Waals surface area (Å²) in [7, 11) is 0. The highest BCUT2D eigenvalue weighted by molar-refractivity contribution is 7.80. The van der Waals surface area contributed by atoms with Gasteiger partial charge in [-0.1, -0.05) is 45.4 Å². The molecule has 2 rings (SSSR count). The molecule has 1 saturated carbocycles. The number of rotatable bonds is 5. The Hall–Kier alpha value is -0.710. The quantitative estimate of drug-likeness (QED) is 0.604. The molecule has 21 heavy (non-hydrogen) atoms. The fourth-order valence-corrected chi connectivity index (χ4v) is 3.89. The number of imide groups is 1. The van der Waals surface area contributed by atoms with Crippen LogP contribution in [0.5, 0.6) is 0 Å². The van der Waals surface area contributed by atoms with E-state index >= 15 is 0 Å². The third kappa shape index (κ3) is 3.74. The number of carbonyl (C=O) groups excluding carboxylic acids is 2. The van der Waals surface area contributed by atoms with E-state index in [1.54, 1.807) is 0 Å². The van der Waals surface area contributed by atoms with Crippen molar-refractivity contribution in [3.8, 4) is 0 Å². The lowest BCUT2D eigenvalue weighted by Gasteiger charge is -2.29. The lowest BCUT2D eigenvalue weighted by Crippen LogP contribution is -2.47. The van der Waals surface area contributed by atoms with Gasteiger partial charge in [0.15, 0.2) is 0 Å². The van der Waals surface area contributed by atoms with Crippen LogP contribution in [0, 0.1) is 5.92 Å². The fraction of sp³-hybridized carbons (Fsp3) is 0.875. The summed E-state index contributed by atoms with van der Waals surface area (Å²) in [4.78, 5) is 26.6. The molecule has 120 valence electrons. The van der Waals surface area contributed by atoms with Crippen molar-refractivity contribution >= 4 is 24.6 Å². The van der Waals surface area contributed by atoms with Crippen molar-refractivity contribution in [1.82, 2.24) is 10.2 Å².